The Kier molecular flexibility index (Phi) is 6.83. The topological polar surface area (TPSA) is 78.9 Å². The van der Waals surface area contributed by atoms with Gasteiger partial charge in [0.25, 0.3) is 0 Å². The van der Waals surface area contributed by atoms with Gasteiger partial charge >= 0.3 is 6.09 Å². The quantitative estimate of drug-likeness (QED) is 0.620. The first-order valence-corrected chi connectivity index (χ1v) is 9.20. The third kappa shape index (κ3) is 6.20. The Morgan fingerprint density at radius 3 is 2.77 bits per heavy atom. The van der Waals surface area contributed by atoms with Crippen LogP contribution in [-0.4, -0.2) is 59.8 Å². The summed E-state index contributed by atoms with van der Waals surface area (Å²) in [5.74, 6) is 0.785. The van der Waals surface area contributed by atoms with E-state index < -0.39 is 5.60 Å². The van der Waals surface area contributed by atoms with Crippen molar-refractivity contribution >= 4 is 12.1 Å². The highest BCUT2D eigenvalue weighted by atomic mass is 16.6. The van der Waals surface area contributed by atoms with Crippen LogP contribution in [0.5, 0.6) is 0 Å². The number of likely N-dealkylation sites (tertiary alicyclic amines) is 1. The van der Waals surface area contributed by atoms with Crippen molar-refractivity contribution in [3.8, 4) is 0 Å². The van der Waals surface area contributed by atoms with Crippen LogP contribution in [0.1, 0.15) is 38.8 Å². The molecule has 0 aliphatic carbocycles. The van der Waals surface area contributed by atoms with E-state index in [1.165, 1.54) is 11.1 Å². The number of nitrogens with one attached hydrogen (secondary N) is 2. The molecule has 2 heterocycles. The molecule has 7 heteroatoms. The van der Waals surface area contributed by atoms with E-state index >= 15 is 0 Å². The number of guanidine groups is 1. The molecule has 1 fully saturated rings. The van der Waals surface area contributed by atoms with Crippen molar-refractivity contribution in [3.05, 3.63) is 29.6 Å². The van der Waals surface area contributed by atoms with Gasteiger partial charge in [-0.05, 0) is 58.2 Å². The Hall–Kier alpha value is -2.31. The lowest BCUT2D eigenvalue weighted by Crippen LogP contribution is -2.63. The zero-order valence-electron chi connectivity index (χ0n) is 16.5. The second-order valence-corrected chi connectivity index (χ2v) is 7.54. The first-order chi connectivity index (χ1) is 12.3. The molecule has 0 saturated carbocycles. The van der Waals surface area contributed by atoms with Gasteiger partial charge < -0.3 is 20.3 Å². The number of hydrogen-bond acceptors (Lipinski definition) is 4. The van der Waals surface area contributed by atoms with Gasteiger partial charge in [-0.1, -0.05) is 0 Å². The molecule has 1 saturated heterocycles. The van der Waals surface area contributed by atoms with Gasteiger partial charge in [0.1, 0.15) is 5.60 Å². The van der Waals surface area contributed by atoms with Crippen LogP contribution in [0.3, 0.4) is 0 Å². The number of nitrogens with zero attached hydrogens (tertiary/aromatic N) is 3. The molecule has 2 N–H and O–H groups in total. The highest BCUT2D eigenvalue weighted by Crippen LogP contribution is 2.15. The smallest absolute Gasteiger partial charge is 0.410 e. The van der Waals surface area contributed by atoms with E-state index in [1.807, 2.05) is 46.2 Å². The SMILES string of the molecule is CCNC(=NCCc1ccncc1C)NC1CN(C(=O)OC(C)(C)C)C1. The summed E-state index contributed by atoms with van der Waals surface area (Å²) in [6.45, 7) is 12.5. The van der Waals surface area contributed by atoms with Crippen LogP contribution in [0, 0.1) is 6.92 Å². The van der Waals surface area contributed by atoms with Crippen molar-refractivity contribution in [2.45, 2.75) is 52.7 Å². The van der Waals surface area contributed by atoms with Gasteiger partial charge in [-0.25, -0.2) is 4.79 Å². The van der Waals surface area contributed by atoms with Gasteiger partial charge in [0, 0.05) is 38.6 Å². The molecule has 0 radical (unpaired) electrons. The molecule has 26 heavy (non-hydrogen) atoms. The Morgan fingerprint density at radius 1 is 1.42 bits per heavy atom. The van der Waals surface area contributed by atoms with Crippen molar-refractivity contribution < 1.29 is 9.53 Å². The number of carbonyl (C=O) groups excluding carboxylic acids is 1. The molecule has 1 aliphatic heterocycles. The number of carbonyl (C=O) groups is 1. The number of ether oxygens (including phenoxy) is 1. The summed E-state index contributed by atoms with van der Waals surface area (Å²) in [4.78, 5) is 22.4. The molecule has 0 spiro atoms. The Bertz CT molecular complexity index is 633. The summed E-state index contributed by atoms with van der Waals surface area (Å²) in [7, 11) is 0. The van der Waals surface area contributed by atoms with Gasteiger partial charge in [-0.15, -0.1) is 0 Å². The molecule has 2 rings (SSSR count). The molecule has 1 amide bonds. The fraction of sp³-hybridized carbons (Fsp3) is 0.632. The van der Waals surface area contributed by atoms with Gasteiger partial charge in [0.15, 0.2) is 5.96 Å². The van der Waals surface area contributed by atoms with Gasteiger partial charge in [0.2, 0.25) is 0 Å². The molecule has 7 nitrogen and oxygen atoms in total. The lowest BCUT2D eigenvalue weighted by atomic mass is 10.1. The third-order valence-electron chi connectivity index (χ3n) is 4.01. The Morgan fingerprint density at radius 2 is 2.15 bits per heavy atom. The number of aromatic nitrogens is 1. The molecule has 144 valence electrons. The van der Waals surface area contributed by atoms with Crippen molar-refractivity contribution in [2.75, 3.05) is 26.2 Å². The van der Waals surface area contributed by atoms with Gasteiger partial charge in [-0.3, -0.25) is 9.98 Å². The zero-order valence-corrected chi connectivity index (χ0v) is 16.5. The first kappa shape index (κ1) is 20.0. The molecule has 0 atom stereocenters. The van der Waals surface area contributed by atoms with Crippen molar-refractivity contribution in [3.63, 3.8) is 0 Å². The monoisotopic (exact) mass is 361 g/mol. The maximum Gasteiger partial charge on any atom is 0.410 e. The summed E-state index contributed by atoms with van der Waals surface area (Å²) >= 11 is 0. The van der Waals surface area contributed by atoms with Crippen molar-refractivity contribution in [2.24, 2.45) is 4.99 Å². The maximum absolute atomic E-state index is 12.0. The second kappa shape index (κ2) is 8.87. The van der Waals surface area contributed by atoms with E-state index in [0.29, 0.717) is 19.6 Å². The minimum absolute atomic E-state index is 0.197. The van der Waals surface area contributed by atoms with Crippen LogP contribution in [-0.2, 0) is 11.2 Å². The predicted molar refractivity (Wildman–Crippen MR) is 103 cm³/mol. The van der Waals surface area contributed by atoms with Crippen LogP contribution < -0.4 is 10.6 Å². The molecule has 0 unspecified atom stereocenters. The zero-order chi connectivity index (χ0) is 19.2. The van der Waals surface area contributed by atoms with E-state index in [1.54, 1.807) is 4.90 Å². The lowest BCUT2D eigenvalue weighted by molar-refractivity contribution is 0.00701. The minimum atomic E-state index is -0.461. The largest absolute Gasteiger partial charge is 0.444 e. The molecule has 1 aromatic rings. The standard InChI is InChI=1S/C19H31N5O2/c1-6-21-17(22-10-8-15-7-9-20-11-14(15)2)23-16-12-24(13-16)18(25)26-19(3,4)5/h7,9,11,16H,6,8,10,12-13H2,1-5H3,(H2,21,22,23). The average Bonchev–Trinajstić information content (AvgIpc) is 2.50. The highest BCUT2D eigenvalue weighted by Gasteiger charge is 2.34. The summed E-state index contributed by atoms with van der Waals surface area (Å²) in [5, 5.41) is 6.64. The number of pyridine rings is 1. The van der Waals surface area contributed by atoms with Crippen LogP contribution in [0.25, 0.3) is 0 Å². The first-order valence-electron chi connectivity index (χ1n) is 9.20. The number of aryl methyl sites for hydroxylation is 1. The number of hydrogen-bond donors (Lipinski definition) is 2. The van der Waals surface area contributed by atoms with Crippen LogP contribution in [0.4, 0.5) is 4.79 Å². The predicted octanol–water partition coefficient (Wildman–Crippen LogP) is 2.11. The molecule has 0 aromatic carbocycles. The normalized spacial score (nSPS) is 15.4. The van der Waals surface area contributed by atoms with E-state index in [0.717, 1.165) is 18.9 Å². The van der Waals surface area contributed by atoms with E-state index in [2.05, 4.69) is 27.5 Å². The third-order valence-corrected chi connectivity index (χ3v) is 4.01. The van der Waals surface area contributed by atoms with E-state index in [4.69, 9.17) is 4.74 Å². The summed E-state index contributed by atoms with van der Waals surface area (Å²) < 4.78 is 5.38. The number of amides is 1. The van der Waals surface area contributed by atoms with E-state index in [9.17, 15) is 4.79 Å². The van der Waals surface area contributed by atoms with Crippen molar-refractivity contribution in [1.29, 1.82) is 0 Å². The number of aliphatic imine (C=N–C) groups is 1. The Balaban J connectivity index is 1.80. The minimum Gasteiger partial charge on any atom is -0.444 e. The second-order valence-electron chi connectivity index (χ2n) is 7.54. The molecular weight excluding hydrogens is 330 g/mol. The fourth-order valence-electron chi connectivity index (χ4n) is 2.63. The summed E-state index contributed by atoms with van der Waals surface area (Å²) in [6.07, 6.45) is 4.31. The number of rotatable bonds is 5. The molecule has 1 aliphatic rings. The van der Waals surface area contributed by atoms with Crippen LogP contribution in [0.15, 0.2) is 23.5 Å². The van der Waals surface area contributed by atoms with Crippen molar-refractivity contribution in [1.82, 2.24) is 20.5 Å². The molecule has 1 aromatic heterocycles. The van der Waals surface area contributed by atoms with E-state index in [-0.39, 0.29) is 12.1 Å². The van der Waals surface area contributed by atoms with Gasteiger partial charge in [-0.2, -0.15) is 0 Å². The summed E-state index contributed by atoms with van der Waals surface area (Å²) in [6, 6.07) is 2.23. The fourth-order valence-corrected chi connectivity index (χ4v) is 2.63. The Labute approximate surface area is 156 Å². The molecular formula is C19H31N5O2. The van der Waals surface area contributed by atoms with Gasteiger partial charge in [0.05, 0.1) is 6.04 Å². The van der Waals surface area contributed by atoms with Crippen LogP contribution in [0.2, 0.25) is 0 Å². The maximum atomic E-state index is 12.0. The summed E-state index contributed by atoms with van der Waals surface area (Å²) in [5.41, 5.74) is 1.99. The average molecular weight is 361 g/mol. The molecule has 0 bridgehead atoms. The lowest BCUT2D eigenvalue weighted by Gasteiger charge is -2.40. The van der Waals surface area contributed by atoms with Crippen LogP contribution >= 0.6 is 0 Å². The highest BCUT2D eigenvalue weighted by molar-refractivity contribution is 5.80.